The number of rotatable bonds is 1. The Bertz CT molecular complexity index is 427. The average Bonchev–Trinajstić information content (AvgIpc) is 2.45. The highest BCUT2D eigenvalue weighted by molar-refractivity contribution is 6.30. The first-order valence-corrected chi connectivity index (χ1v) is 4.48. The summed E-state index contributed by atoms with van der Waals surface area (Å²) in [6, 6.07) is 6.26. The predicted octanol–water partition coefficient (Wildman–Crippen LogP) is 0.353. The van der Waals surface area contributed by atoms with Gasteiger partial charge in [-0.15, -0.1) is 0 Å². The van der Waals surface area contributed by atoms with Crippen LogP contribution in [0.15, 0.2) is 29.4 Å². The first-order valence-electron chi connectivity index (χ1n) is 4.11. The molecule has 0 aromatic heterocycles. The van der Waals surface area contributed by atoms with Crippen LogP contribution in [0.25, 0.3) is 0 Å². The van der Waals surface area contributed by atoms with Gasteiger partial charge in [0.25, 0.3) is 5.79 Å². The van der Waals surface area contributed by atoms with Crippen molar-refractivity contribution in [1.29, 1.82) is 0 Å². The molecule has 0 radical (unpaired) electrons. The lowest BCUT2D eigenvalue weighted by Crippen LogP contribution is -2.42. The predicted molar refractivity (Wildman–Crippen MR) is 54.6 cm³/mol. The molecular formula is C9H7ClN2O3. The molecule has 1 aliphatic rings. The van der Waals surface area contributed by atoms with E-state index < -0.39 is 11.7 Å². The first-order chi connectivity index (χ1) is 7.00. The minimum absolute atomic E-state index is 0.422. The van der Waals surface area contributed by atoms with Crippen molar-refractivity contribution in [1.82, 2.24) is 0 Å². The van der Waals surface area contributed by atoms with Crippen molar-refractivity contribution in [2.24, 2.45) is 5.10 Å². The Balaban J connectivity index is 2.31. The number of carbonyl (C=O) groups is 1. The quantitative estimate of drug-likeness (QED) is 0.679. The van der Waals surface area contributed by atoms with E-state index in [0.717, 1.165) is 11.2 Å². The lowest BCUT2D eigenvalue weighted by Gasteiger charge is -2.15. The third-order valence-corrected chi connectivity index (χ3v) is 2.18. The summed E-state index contributed by atoms with van der Waals surface area (Å²) < 4.78 is 0. The Kier molecular flexibility index (Phi) is 2.22. The number of hydrogen-bond donors (Lipinski definition) is 2. The molecular weight excluding hydrogens is 220 g/mol. The molecule has 0 atom stereocenters. The normalized spacial score (nSPS) is 18.6. The van der Waals surface area contributed by atoms with E-state index in [4.69, 9.17) is 21.8 Å². The molecule has 1 aliphatic heterocycles. The van der Waals surface area contributed by atoms with Crippen molar-refractivity contribution in [3.8, 4) is 0 Å². The van der Waals surface area contributed by atoms with Crippen molar-refractivity contribution in [2.75, 3.05) is 5.01 Å². The summed E-state index contributed by atoms with van der Waals surface area (Å²) in [6.45, 7) is 0. The van der Waals surface area contributed by atoms with Gasteiger partial charge in [-0.1, -0.05) is 11.6 Å². The highest BCUT2D eigenvalue weighted by Gasteiger charge is 2.41. The van der Waals surface area contributed by atoms with Gasteiger partial charge in [-0.05, 0) is 24.3 Å². The van der Waals surface area contributed by atoms with Gasteiger partial charge in [-0.3, -0.25) is 4.79 Å². The van der Waals surface area contributed by atoms with E-state index in [1.165, 1.54) is 0 Å². The van der Waals surface area contributed by atoms with Crippen LogP contribution >= 0.6 is 11.6 Å². The molecule has 1 heterocycles. The number of anilines is 1. The molecule has 78 valence electrons. The molecule has 1 aromatic rings. The smallest absolute Gasteiger partial charge is 0.313 e. The summed E-state index contributed by atoms with van der Waals surface area (Å²) in [4.78, 5) is 11.4. The fraction of sp³-hybridized carbons (Fsp3) is 0.111. The zero-order valence-electron chi connectivity index (χ0n) is 7.46. The molecule has 0 saturated carbocycles. The van der Waals surface area contributed by atoms with Gasteiger partial charge in [-0.2, -0.15) is 10.1 Å². The van der Waals surface area contributed by atoms with Crippen molar-refractivity contribution >= 4 is 29.4 Å². The highest BCUT2D eigenvalue weighted by atomic mass is 35.5. The number of amides is 1. The molecule has 0 unspecified atom stereocenters. The summed E-state index contributed by atoms with van der Waals surface area (Å²) in [6.07, 6.45) is 0.768. The van der Waals surface area contributed by atoms with Crippen LogP contribution in [0.4, 0.5) is 5.69 Å². The Morgan fingerprint density at radius 1 is 1.27 bits per heavy atom. The van der Waals surface area contributed by atoms with Crippen LogP contribution in [-0.4, -0.2) is 28.1 Å². The monoisotopic (exact) mass is 226 g/mol. The minimum atomic E-state index is -2.51. The zero-order valence-corrected chi connectivity index (χ0v) is 8.22. The third kappa shape index (κ3) is 1.72. The van der Waals surface area contributed by atoms with E-state index in [1.54, 1.807) is 24.3 Å². The van der Waals surface area contributed by atoms with Crippen LogP contribution < -0.4 is 5.01 Å². The molecule has 6 heteroatoms. The lowest BCUT2D eigenvalue weighted by atomic mass is 10.2. The van der Waals surface area contributed by atoms with Gasteiger partial charge in [0.1, 0.15) is 0 Å². The van der Waals surface area contributed by atoms with Crippen LogP contribution in [0.2, 0.25) is 5.02 Å². The number of aliphatic hydroxyl groups is 2. The van der Waals surface area contributed by atoms with Crippen LogP contribution in [0, 0.1) is 0 Å². The second-order valence-electron chi connectivity index (χ2n) is 3.06. The van der Waals surface area contributed by atoms with Gasteiger partial charge in [0.05, 0.1) is 11.9 Å². The lowest BCUT2D eigenvalue weighted by molar-refractivity contribution is -0.155. The number of nitrogens with zero attached hydrogens (tertiary/aromatic N) is 2. The van der Waals surface area contributed by atoms with Crippen LogP contribution in [-0.2, 0) is 4.79 Å². The molecule has 1 aromatic carbocycles. The maximum absolute atomic E-state index is 11.4. The van der Waals surface area contributed by atoms with Crippen molar-refractivity contribution in [3.63, 3.8) is 0 Å². The minimum Gasteiger partial charge on any atom is -0.354 e. The fourth-order valence-electron chi connectivity index (χ4n) is 1.17. The third-order valence-electron chi connectivity index (χ3n) is 1.93. The molecule has 0 saturated heterocycles. The molecule has 0 spiro atoms. The van der Waals surface area contributed by atoms with E-state index in [-0.39, 0.29) is 0 Å². The van der Waals surface area contributed by atoms with E-state index in [1.807, 2.05) is 0 Å². The topological polar surface area (TPSA) is 73.1 Å². The summed E-state index contributed by atoms with van der Waals surface area (Å²) in [5, 5.41) is 23.3. The summed E-state index contributed by atoms with van der Waals surface area (Å²) in [5.41, 5.74) is 0.422. The van der Waals surface area contributed by atoms with Crippen LogP contribution in [0.1, 0.15) is 0 Å². The van der Waals surface area contributed by atoms with Crippen LogP contribution in [0.5, 0.6) is 0 Å². The van der Waals surface area contributed by atoms with Gasteiger partial charge in [0.15, 0.2) is 0 Å². The molecule has 15 heavy (non-hydrogen) atoms. The molecule has 1 amide bonds. The maximum Gasteiger partial charge on any atom is 0.313 e. The molecule has 0 bridgehead atoms. The number of hydrazone groups is 1. The number of benzene rings is 1. The maximum atomic E-state index is 11.4. The van der Waals surface area contributed by atoms with E-state index in [9.17, 15) is 4.79 Å². The van der Waals surface area contributed by atoms with E-state index >= 15 is 0 Å². The molecule has 0 aliphatic carbocycles. The highest BCUT2D eigenvalue weighted by Crippen LogP contribution is 2.23. The zero-order chi connectivity index (χ0) is 11.1. The largest absolute Gasteiger partial charge is 0.354 e. The Labute approximate surface area is 90.2 Å². The summed E-state index contributed by atoms with van der Waals surface area (Å²) in [5.74, 6) is -3.43. The van der Waals surface area contributed by atoms with Crippen molar-refractivity contribution < 1.29 is 15.0 Å². The van der Waals surface area contributed by atoms with Gasteiger partial charge in [0, 0.05) is 5.02 Å². The van der Waals surface area contributed by atoms with Gasteiger partial charge < -0.3 is 10.2 Å². The molecule has 0 fully saturated rings. The number of carbonyl (C=O) groups excluding carboxylic acids is 1. The van der Waals surface area contributed by atoms with Gasteiger partial charge in [-0.25, -0.2) is 0 Å². The van der Waals surface area contributed by atoms with Crippen molar-refractivity contribution in [2.45, 2.75) is 5.79 Å². The van der Waals surface area contributed by atoms with Crippen LogP contribution in [0.3, 0.4) is 0 Å². The second kappa shape index (κ2) is 3.30. The summed E-state index contributed by atoms with van der Waals surface area (Å²) >= 11 is 5.67. The summed E-state index contributed by atoms with van der Waals surface area (Å²) in [7, 11) is 0. The Morgan fingerprint density at radius 3 is 2.33 bits per heavy atom. The molecule has 2 N–H and O–H groups in total. The van der Waals surface area contributed by atoms with Gasteiger partial charge in [0.2, 0.25) is 0 Å². The SMILES string of the molecule is O=C1N(c2ccc(Cl)cc2)N=CC1(O)O. The Morgan fingerprint density at radius 2 is 1.87 bits per heavy atom. The van der Waals surface area contributed by atoms with Gasteiger partial charge >= 0.3 is 5.91 Å². The number of hydrogen-bond acceptors (Lipinski definition) is 4. The number of halogens is 1. The van der Waals surface area contributed by atoms with Crippen molar-refractivity contribution in [3.05, 3.63) is 29.3 Å². The molecule has 2 rings (SSSR count). The fourth-order valence-corrected chi connectivity index (χ4v) is 1.29. The first kappa shape index (κ1) is 10.1. The van der Waals surface area contributed by atoms with E-state index in [0.29, 0.717) is 10.7 Å². The standard InChI is InChI=1S/C9H7ClN2O3/c10-6-1-3-7(4-2-6)12-8(13)9(14,15)5-11-12/h1-5,14-15H. The average molecular weight is 227 g/mol. The second-order valence-corrected chi connectivity index (χ2v) is 3.50. The van der Waals surface area contributed by atoms with E-state index in [2.05, 4.69) is 5.10 Å². The molecule has 5 nitrogen and oxygen atoms in total. The Hall–Kier alpha value is -1.43.